The van der Waals surface area contributed by atoms with Crippen LogP contribution >= 0.6 is 12.4 Å². The second-order valence-electron chi connectivity index (χ2n) is 6.39. The van der Waals surface area contributed by atoms with E-state index in [2.05, 4.69) is 5.32 Å². The van der Waals surface area contributed by atoms with E-state index in [1.165, 1.54) is 31.4 Å². The van der Waals surface area contributed by atoms with Gasteiger partial charge in [0.05, 0.1) is 22.9 Å². The monoisotopic (exact) mass is 410 g/mol. The first-order valence-electron chi connectivity index (χ1n) is 8.50. The first kappa shape index (κ1) is 21.1. The van der Waals surface area contributed by atoms with Crippen molar-refractivity contribution in [3.05, 3.63) is 48.0 Å². The Balaban J connectivity index is 0.00000261. The third-order valence-electron chi connectivity index (χ3n) is 4.67. The van der Waals surface area contributed by atoms with Crippen molar-refractivity contribution in [2.75, 3.05) is 18.2 Å². The maximum absolute atomic E-state index is 12.6. The zero-order valence-corrected chi connectivity index (χ0v) is 16.6. The average molecular weight is 411 g/mol. The standard InChI is InChI=1S/C19H22N2O4S.ClH/c1-25-18-11-8-14(12-17(18)20)21-19(22)13-6-9-16(10-7-13)26(23,24)15-4-2-3-5-15;/h6-12,15H,2-5,20H2,1H3,(H,21,22);1H. The summed E-state index contributed by atoms with van der Waals surface area (Å²) in [7, 11) is -1.80. The molecule has 0 aliphatic heterocycles. The van der Waals surface area contributed by atoms with Gasteiger partial charge in [0.15, 0.2) is 9.84 Å². The number of benzene rings is 2. The third kappa shape index (κ3) is 4.54. The highest BCUT2D eigenvalue weighted by Gasteiger charge is 2.30. The summed E-state index contributed by atoms with van der Waals surface area (Å²) in [5.74, 6) is 0.198. The minimum atomic E-state index is -3.32. The zero-order valence-electron chi connectivity index (χ0n) is 15.0. The fraction of sp³-hybridized carbons (Fsp3) is 0.316. The lowest BCUT2D eigenvalue weighted by atomic mass is 10.2. The van der Waals surface area contributed by atoms with Crippen LogP contribution < -0.4 is 15.8 Å². The number of anilines is 2. The lowest BCUT2D eigenvalue weighted by molar-refractivity contribution is 0.102. The second kappa shape index (κ2) is 8.63. The van der Waals surface area contributed by atoms with Crippen LogP contribution in [-0.2, 0) is 9.84 Å². The molecule has 0 saturated heterocycles. The molecule has 0 unspecified atom stereocenters. The van der Waals surface area contributed by atoms with Gasteiger partial charge in [-0.2, -0.15) is 0 Å². The molecular weight excluding hydrogens is 388 g/mol. The Bertz CT molecular complexity index is 908. The second-order valence-corrected chi connectivity index (χ2v) is 8.61. The molecule has 0 heterocycles. The first-order chi connectivity index (χ1) is 12.4. The van der Waals surface area contributed by atoms with E-state index < -0.39 is 9.84 Å². The van der Waals surface area contributed by atoms with Crippen molar-refractivity contribution in [1.29, 1.82) is 0 Å². The van der Waals surface area contributed by atoms with E-state index in [1.54, 1.807) is 18.2 Å². The molecule has 6 nitrogen and oxygen atoms in total. The van der Waals surface area contributed by atoms with E-state index in [0.717, 1.165) is 12.8 Å². The molecule has 0 atom stereocenters. The van der Waals surface area contributed by atoms with Crippen molar-refractivity contribution < 1.29 is 17.9 Å². The van der Waals surface area contributed by atoms with Crippen molar-refractivity contribution in [2.45, 2.75) is 35.8 Å². The largest absolute Gasteiger partial charge is 0.495 e. The summed E-state index contributed by atoms with van der Waals surface area (Å²) in [6.45, 7) is 0. The van der Waals surface area contributed by atoms with Gasteiger partial charge in [-0.3, -0.25) is 4.79 Å². The number of amides is 1. The number of nitrogens with two attached hydrogens (primary N) is 1. The van der Waals surface area contributed by atoms with Crippen LogP contribution in [0.5, 0.6) is 5.75 Å². The minimum Gasteiger partial charge on any atom is -0.495 e. The molecule has 0 spiro atoms. The minimum absolute atomic E-state index is 0. The molecule has 3 rings (SSSR count). The summed E-state index contributed by atoms with van der Waals surface area (Å²) < 4.78 is 30.2. The summed E-state index contributed by atoms with van der Waals surface area (Å²) in [6.07, 6.45) is 3.33. The van der Waals surface area contributed by atoms with Crippen LogP contribution in [0.1, 0.15) is 36.0 Å². The van der Waals surface area contributed by atoms with E-state index in [9.17, 15) is 13.2 Å². The van der Waals surface area contributed by atoms with Crippen LogP contribution in [-0.4, -0.2) is 26.7 Å². The number of carbonyl (C=O) groups is 1. The normalized spacial score (nSPS) is 14.4. The van der Waals surface area contributed by atoms with E-state index in [0.29, 0.717) is 35.5 Å². The topological polar surface area (TPSA) is 98.5 Å². The maximum Gasteiger partial charge on any atom is 0.255 e. The highest BCUT2D eigenvalue weighted by molar-refractivity contribution is 7.92. The van der Waals surface area contributed by atoms with Crippen LogP contribution in [0, 0.1) is 0 Å². The average Bonchev–Trinajstić information content (AvgIpc) is 3.17. The molecule has 2 aromatic carbocycles. The van der Waals surface area contributed by atoms with Gasteiger partial charge in [0.1, 0.15) is 5.75 Å². The number of nitrogen functional groups attached to an aromatic ring is 1. The molecular formula is C19H23ClN2O4S. The van der Waals surface area contributed by atoms with Crippen molar-refractivity contribution >= 4 is 39.5 Å². The number of carbonyl (C=O) groups excluding carboxylic acids is 1. The number of ether oxygens (including phenoxy) is 1. The molecule has 0 bridgehead atoms. The van der Waals surface area contributed by atoms with Gasteiger partial charge in [-0.1, -0.05) is 12.8 Å². The van der Waals surface area contributed by atoms with Gasteiger partial charge >= 0.3 is 0 Å². The van der Waals surface area contributed by atoms with Gasteiger partial charge in [0, 0.05) is 11.3 Å². The summed E-state index contributed by atoms with van der Waals surface area (Å²) in [6, 6.07) is 11.0. The Morgan fingerprint density at radius 2 is 1.74 bits per heavy atom. The lowest BCUT2D eigenvalue weighted by Crippen LogP contribution is -2.18. The number of sulfone groups is 1. The Labute approximate surface area is 165 Å². The van der Waals surface area contributed by atoms with Crippen LogP contribution in [0.4, 0.5) is 11.4 Å². The van der Waals surface area contributed by atoms with Crippen LogP contribution in [0.15, 0.2) is 47.4 Å². The van der Waals surface area contributed by atoms with Gasteiger partial charge in [0.2, 0.25) is 0 Å². The van der Waals surface area contributed by atoms with Gasteiger partial charge < -0.3 is 15.8 Å². The van der Waals surface area contributed by atoms with Crippen molar-refractivity contribution in [3.63, 3.8) is 0 Å². The Kier molecular flexibility index (Phi) is 6.73. The number of hydrogen-bond acceptors (Lipinski definition) is 5. The molecule has 1 saturated carbocycles. The lowest BCUT2D eigenvalue weighted by Gasteiger charge is -2.12. The number of nitrogens with one attached hydrogen (secondary N) is 1. The summed E-state index contributed by atoms with van der Waals surface area (Å²) in [5.41, 5.74) is 7.17. The number of rotatable bonds is 5. The fourth-order valence-corrected chi connectivity index (χ4v) is 5.06. The molecule has 0 radical (unpaired) electrons. The molecule has 3 N–H and O–H groups in total. The highest BCUT2D eigenvalue weighted by Crippen LogP contribution is 2.30. The molecule has 1 aliphatic carbocycles. The first-order valence-corrected chi connectivity index (χ1v) is 10.1. The van der Waals surface area contributed by atoms with Crippen molar-refractivity contribution in [2.24, 2.45) is 0 Å². The number of halogens is 1. The van der Waals surface area contributed by atoms with Crippen molar-refractivity contribution in [3.8, 4) is 5.75 Å². The number of methoxy groups -OCH3 is 1. The van der Waals surface area contributed by atoms with Crippen LogP contribution in [0.3, 0.4) is 0 Å². The van der Waals surface area contributed by atoms with E-state index in [1.807, 2.05) is 0 Å². The van der Waals surface area contributed by atoms with E-state index in [4.69, 9.17) is 10.5 Å². The fourth-order valence-electron chi connectivity index (χ4n) is 3.20. The highest BCUT2D eigenvalue weighted by atomic mass is 35.5. The van der Waals surface area contributed by atoms with Gasteiger partial charge in [0.25, 0.3) is 5.91 Å². The predicted molar refractivity (Wildman–Crippen MR) is 108 cm³/mol. The summed E-state index contributed by atoms with van der Waals surface area (Å²) in [4.78, 5) is 12.6. The Morgan fingerprint density at radius 1 is 1.11 bits per heavy atom. The summed E-state index contributed by atoms with van der Waals surface area (Å²) in [5, 5.41) is 2.44. The SMILES string of the molecule is COc1ccc(NC(=O)c2ccc(S(=O)(=O)C3CCCC3)cc2)cc1N.Cl. The van der Waals surface area contributed by atoms with Gasteiger partial charge in [-0.05, 0) is 55.3 Å². The van der Waals surface area contributed by atoms with Crippen LogP contribution in [0.2, 0.25) is 0 Å². The molecule has 1 fully saturated rings. The number of hydrogen-bond donors (Lipinski definition) is 2. The van der Waals surface area contributed by atoms with Gasteiger partial charge in [-0.25, -0.2) is 8.42 Å². The Morgan fingerprint density at radius 3 is 2.30 bits per heavy atom. The quantitative estimate of drug-likeness (QED) is 0.733. The smallest absolute Gasteiger partial charge is 0.255 e. The molecule has 2 aromatic rings. The van der Waals surface area contributed by atoms with E-state index in [-0.39, 0.29) is 28.5 Å². The molecule has 146 valence electrons. The van der Waals surface area contributed by atoms with Gasteiger partial charge in [-0.15, -0.1) is 12.4 Å². The Hall–Kier alpha value is -2.25. The molecule has 8 heteroatoms. The third-order valence-corrected chi connectivity index (χ3v) is 6.95. The molecule has 27 heavy (non-hydrogen) atoms. The van der Waals surface area contributed by atoms with Crippen LogP contribution in [0.25, 0.3) is 0 Å². The molecule has 1 amide bonds. The summed E-state index contributed by atoms with van der Waals surface area (Å²) >= 11 is 0. The van der Waals surface area contributed by atoms with E-state index >= 15 is 0 Å². The zero-order chi connectivity index (χ0) is 18.7. The molecule has 0 aromatic heterocycles. The maximum atomic E-state index is 12.6. The van der Waals surface area contributed by atoms with Crippen molar-refractivity contribution in [1.82, 2.24) is 0 Å². The predicted octanol–water partition coefficient (Wildman–Crippen LogP) is 3.67. The molecule has 1 aliphatic rings.